The van der Waals surface area contributed by atoms with E-state index in [9.17, 15) is 14.7 Å². The van der Waals surface area contributed by atoms with Crippen molar-refractivity contribution in [1.29, 1.82) is 0 Å². The van der Waals surface area contributed by atoms with E-state index in [1.165, 1.54) is 23.9 Å². The Kier molecular flexibility index (Phi) is 3.65. The first-order valence-electron chi connectivity index (χ1n) is 5.76. The Morgan fingerprint density at radius 2 is 2.28 bits per heavy atom. The number of aromatic nitrogens is 2. The fraction of sp³-hybridized carbons (Fsp3) is 0.636. The van der Waals surface area contributed by atoms with Gasteiger partial charge in [0.1, 0.15) is 12.2 Å². The molecule has 4 atom stereocenters. The normalized spacial score (nSPS) is 31.7. The molecule has 0 bridgehead atoms. The van der Waals surface area contributed by atoms with Crippen LogP contribution in [0.4, 0.5) is 0 Å². The molecule has 7 heteroatoms. The number of ether oxygens (including phenoxy) is 2. The van der Waals surface area contributed by atoms with Crippen molar-refractivity contribution in [2.75, 3.05) is 7.11 Å². The lowest BCUT2D eigenvalue weighted by Gasteiger charge is -2.20. The van der Waals surface area contributed by atoms with Gasteiger partial charge in [-0.3, -0.25) is 14.3 Å². The topological polar surface area (TPSA) is 93.6 Å². The van der Waals surface area contributed by atoms with Gasteiger partial charge in [-0.15, -0.1) is 0 Å². The van der Waals surface area contributed by atoms with Crippen molar-refractivity contribution in [3.63, 3.8) is 0 Å². The second-order valence-corrected chi connectivity index (χ2v) is 4.18. The summed E-state index contributed by atoms with van der Waals surface area (Å²) >= 11 is 0. The quantitative estimate of drug-likeness (QED) is 0.740. The highest BCUT2D eigenvalue weighted by Crippen LogP contribution is 2.31. The van der Waals surface area contributed by atoms with E-state index < -0.39 is 35.8 Å². The number of hydrogen-bond acceptors (Lipinski definition) is 5. The number of H-pyrrole nitrogens is 1. The molecule has 1 aromatic heterocycles. The molecular formula is C11H16N2O5. The molecule has 0 unspecified atom stereocenters. The zero-order valence-electron chi connectivity index (χ0n) is 10.2. The summed E-state index contributed by atoms with van der Waals surface area (Å²) in [6.45, 7) is 1.87. The van der Waals surface area contributed by atoms with Gasteiger partial charge < -0.3 is 14.6 Å². The van der Waals surface area contributed by atoms with E-state index in [-0.39, 0.29) is 0 Å². The zero-order chi connectivity index (χ0) is 13.3. The molecule has 1 aliphatic rings. The second-order valence-electron chi connectivity index (χ2n) is 4.18. The van der Waals surface area contributed by atoms with Gasteiger partial charge in [0, 0.05) is 19.4 Å². The van der Waals surface area contributed by atoms with E-state index in [0.717, 1.165) is 0 Å². The third-order valence-electron chi connectivity index (χ3n) is 3.11. The molecule has 100 valence electrons. The lowest BCUT2D eigenvalue weighted by atomic mass is 10.1. The van der Waals surface area contributed by atoms with E-state index in [4.69, 9.17) is 9.47 Å². The number of nitrogens with zero attached hydrogens (tertiary/aromatic N) is 1. The third-order valence-corrected chi connectivity index (χ3v) is 3.11. The van der Waals surface area contributed by atoms with Crippen LogP contribution in [0.3, 0.4) is 0 Å². The van der Waals surface area contributed by atoms with Crippen LogP contribution in [0.1, 0.15) is 19.6 Å². The first-order valence-corrected chi connectivity index (χ1v) is 5.76. The van der Waals surface area contributed by atoms with E-state index >= 15 is 0 Å². The summed E-state index contributed by atoms with van der Waals surface area (Å²) < 4.78 is 12.0. The van der Waals surface area contributed by atoms with E-state index in [2.05, 4.69) is 4.98 Å². The predicted octanol–water partition coefficient (Wildman–Crippen LogP) is -0.780. The van der Waals surface area contributed by atoms with E-state index in [0.29, 0.717) is 6.42 Å². The first kappa shape index (κ1) is 13.0. The molecule has 0 aromatic carbocycles. The van der Waals surface area contributed by atoms with Crippen LogP contribution in [-0.2, 0) is 9.47 Å². The van der Waals surface area contributed by atoms with E-state index in [1.54, 1.807) is 0 Å². The first-order chi connectivity index (χ1) is 8.58. The molecule has 1 aliphatic heterocycles. The average molecular weight is 256 g/mol. The molecule has 2 heterocycles. The molecule has 1 fully saturated rings. The molecule has 2 rings (SSSR count). The highest BCUT2D eigenvalue weighted by molar-refractivity contribution is 4.93. The highest BCUT2D eigenvalue weighted by Gasteiger charge is 2.44. The number of hydrogen-bond donors (Lipinski definition) is 2. The Morgan fingerprint density at radius 3 is 2.83 bits per heavy atom. The van der Waals surface area contributed by atoms with Crippen molar-refractivity contribution >= 4 is 0 Å². The van der Waals surface area contributed by atoms with Crippen molar-refractivity contribution in [3.8, 4) is 0 Å². The van der Waals surface area contributed by atoms with Gasteiger partial charge in [0.25, 0.3) is 5.56 Å². The maximum Gasteiger partial charge on any atom is 0.330 e. The summed E-state index contributed by atoms with van der Waals surface area (Å²) in [5, 5.41) is 9.99. The Bertz CT molecular complexity index is 523. The maximum atomic E-state index is 11.7. The van der Waals surface area contributed by atoms with Crippen LogP contribution in [0, 0.1) is 0 Å². The van der Waals surface area contributed by atoms with Crippen molar-refractivity contribution in [2.45, 2.75) is 37.9 Å². The van der Waals surface area contributed by atoms with Crippen LogP contribution >= 0.6 is 0 Å². The Hall–Kier alpha value is -1.44. The molecule has 18 heavy (non-hydrogen) atoms. The van der Waals surface area contributed by atoms with Gasteiger partial charge in [0.15, 0.2) is 6.23 Å². The molecule has 0 aliphatic carbocycles. The van der Waals surface area contributed by atoms with Gasteiger partial charge in [0.2, 0.25) is 0 Å². The smallest absolute Gasteiger partial charge is 0.330 e. The molecule has 7 nitrogen and oxygen atoms in total. The molecule has 0 spiro atoms. The van der Waals surface area contributed by atoms with Crippen LogP contribution in [-0.4, -0.2) is 40.1 Å². The SMILES string of the molecule is CC[C@H]1O[C@@H](n2ccc(=O)[nH]c2=O)[C@H](OC)[C@@H]1O. The lowest BCUT2D eigenvalue weighted by Crippen LogP contribution is -2.38. The van der Waals surface area contributed by atoms with Crippen LogP contribution in [0.2, 0.25) is 0 Å². The Labute approximate surface area is 103 Å². The van der Waals surface area contributed by atoms with E-state index in [1.807, 2.05) is 6.92 Å². The van der Waals surface area contributed by atoms with Crippen molar-refractivity contribution in [2.24, 2.45) is 0 Å². The van der Waals surface area contributed by atoms with Crippen LogP contribution in [0.25, 0.3) is 0 Å². The largest absolute Gasteiger partial charge is 0.388 e. The minimum atomic E-state index is -0.802. The molecule has 1 saturated heterocycles. The minimum Gasteiger partial charge on any atom is -0.388 e. The number of aromatic amines is 1. The second kappa shape index (κ2) is 5.05. The van der Waals surface area contributed by atoms with Gasteiger partial charge >= 0.3 is 5.69 Å². The average Bonchev–Trinajstić information content (AvgIpc) is 2.65. The molecule has 0 amide bonds. The predicted molar refractivity (Wildman–Crippen MR) is 62.3 cm³/mol. The van der Waals surface area contributed by atoms with Gasteiger partial charge in [-0.25, -0.2) is 4.79 Å². The van der Waals surface area contributed by atoms with Crippen molar-refractivity contribution in [1.82, 2.24) is 9.55 Å². The number of aliphatic hydroxyl groups is 1. The molecule has 0 radical (unpaired) electrons. The monoisotopic (exact) mass is 256 g/mol. The highest BCUT2D eigenvalue weighted by atomic mass is 16.6. The van der Waals surface area contributed by atoms with Crippen LogP contribution < -0.4 is 11.2 Å². The minimum absolute atomic E-state index is 0.390. The number of nitrogens with one attached hydrogen (secondary N) is 1. The van der Waals surface area contributed by atoms with Crippen LogP contribution in [0.15, 0.2) is 21.9 Å². The van der Waals surface area contributed by atoms with Gasteiger partial charge in [0.05, 0.1) is 6.10 Å². The van der Waals surface area contributed by atoms with Gasteiger partial charge in [-0.05, 0) is 6.42 Å². The maximum absolute atomic E-state index is 11.7. The summed E-state index contributed by atoms with van der Waals surface area (Å²) in [6.07, 6.45) is -0.626. The summed E-state index contributed by atoms with van der Waals surface area (Å²) in [7, 11) is 1.44. The molecular weight excluding hydrogens is 240 g/mol. The van der Waals surface area contributed by atoms with Crippen LogP contribution in [0.5, 0.6) is 0 Å². The Morgan fingerprint density at radius 1 is 1.56 bits per heavy atom. The summed E-state index contributed by atoms with van der Waals surface area (Å²) in [6, 6.07) is 1.23. The number of aliphatic hydroxyl groups excluding tert-OH is 1. The fourth-order valence-corrected chi connectivity index (χ4v) is 2.16. The summed E-state index contributed by atoms with van der Waals surface area (Å²) in [5.41, 5.74) is -1.06. The third kappa shape index (κ3) is 2.12. The van der Waals surface area contributed by atoms with Gasteiger partial charge in [-0.2, -0.15) is 0 Å². The van der Waals surface area contributed by atoms with Crippen molar-refractivity contribution < 1.29 is 14.6 Å². The molecule has 0 saturated carbocycles. The standard InChI is InChI=1S/C11H16N2O5/c1-3-6-8(15)9(17-2)10(18-6)13-5-4-7(14)12-11(13)16/h4-6,8-10,15H,3H2,1-2H3,(H,12,14,16)/t6-,8-,9-,10-/m1/s1. The number of methoxy groups -OCH3 is 1. The van der Waals surface area contributed by atoms with Gasteiger partial charge in [-0.1, -0.05) is 6.92 Å². The lowest BCUT2D eigenvalue weighted by molar-refractivity contribution is -0.0542. The zero-order valence-corrected chi connectivity index (χ0v) is 10.2. The summed E-state index contributed by atoms with van der Waals surface area (Å²) in [5.74, 6) is 0. The number of rotatable bonds is 3. The fourth-order valence-electron chi connectivity index (χ4n) is 2.16. The van der Waals surface area contributed by atoms with Crippen molar-refractivity contribution in [3.05, 3.63) is 33.1 Å². The molecule has 2 N–H and O–H groups in total. The summed E-state index contributed by atoms with van der Waals surface area (Å²) in [4.78, 5) is 24.8. The Balaban J connectivity index is 2.38. The molecule has 1 aromatic rings.